The van der Waals surface area contributed by atoms with Crippen LogP contribution in [0.4, 0.5) is 5.69 Å². The molecule has 1 N–H and O–H groups in total. The third-order valence-electron chi connectivity index (χ3n) is 2.62. The van der Waals surface area contributed by atoms with Crippen molar-refractivity contribution < 1.29 is 9.90 Å². The van der Waals surface area contributed by atoms with Gasteiger partial charge < -0.3 is 10.0 Å². The molecule has 1 heterocycles. The lowest BCUT2D eigenvalue weighted by molar-refractivity contribution is -0.138. The lowest BCUT2D eigenvalue weighted by Crippen LogP contribution is -2.23. The van der Waals surface area contributed by atoms with Gasteiger partial charge in [-0.1, -0.05) is 0 Å². The molecular weight excluding hydrogens is 180 g/mol. The molecular formula is C10H12N2O2. The van der Waals surface area contributed by atoms with Crippen molar-refractivity contribution in [2.75, 3.05) is 11.9 Å². The van der Waals surface area contributed by atoms with Crippen molar-refractivity contribution in [3.63, 3.8) is 0 Å². The third-order valence-corrected chi connectivity index (χ3v) is 2.62. The number of hydrogen-bond donors (Lipinski definition) is 1. The van der Waals surface area contributed by atoms with Crippen molar-refractivity contribution in [3.05, 3.63) is 24.5 Å². The second-order valence-corrected chi connectivity index (χ2v) is 3.57. The van der Waals surface area contributed by atoms with Gasteiger partial charge in [-0.2, -0.15) is 0 Å². The Bertz CT molecular complexity index is 339. The lowest BCUT2D eigenvalue weighted by atomic mass is 10.3. The molecule has 0 bridgehead atoms. The number of hydrogen-bond acceptors (Lipinski definition) is 3. The number of rotatable bonds is 3. The van der Waals surface area contributed by atoms with Crippen LogP contribution >= 0.6 is 0 Å². The second kappa shape index (κ2) is 3.29. The van der Waals surface area contributed by atoms with E-state index in [0.29, 0.717) is 0 Å². The zero-order valence-electron chi connectivity index (χ0n) is 7.92. The molecule has 1 aromatic heterocycles. The van der Waals surface area contributed by atoms with E-state index >= 15 is 0 Å². The molecule has 1 fully saturated rings. The van der Waals surface area contributed by atoms with E-state index in [1.807, 2.05) is 24.1 Å². The Morgan fingerprint density at radius 2 is 2.50 bits per heavy atom. The molecule has 74 valence electrons. The van der Waals surface area contributed by atoms with Gasteiger partial charge in [0.1, 0.15) is 0 Å². The molecule has 2 unspecified atom stereocenters. The van der Waals surface area contributed by atoms with Gasteiger partial charge in [0.25, 0.3) is 0 Å². The average molecular weight is 192 g/mol. The van der Waals surface area contributed by atoms with Gasteiger partial charge in [-0.15, -0.1) is 0 Å². The first-order valence-electron chi connectivity index (χ1n) is 4.56. The first-order chi connectivity index (χ1) is 6.70. The molecule has 2 rings (SSSR count). The van der Waals surface area contributed by atoms with Gasteiger partial charge in [0, 0.05) is 19.3 Å². The zero-order chi connectivity index (χ0) is 10.1. The molecule has 0 saturated heterocycles. The zero-order valence-corrected chi connectivity index (χ0v) is 7.92. The normalized spacial score (nSPS) is 24.4. The Kier molecular flexibility index (Phi) is 2.11. The monoisotopic (exact) mass is 192 g/mol. The van der Waals surface area contributed by atoms with E-state index in [1.54, 1.807) is 12.4 Å². The van der Waals surface area contributed by atoms with Crippen LogP contribution < -0.4 is 4.90 Å². The number of anilines is 1. The van der Waals surface area contributed by atoms with Gasteiger partial charge in [0.05, 0.1) is 17.8 Å². The fourth-order valence-electron chi connectivity index (χ4n) is 1.63. The predicted octanol–water partition coefficient (Wildman–Crippen LogP) is 0.991. The number of aliphatic carboxylic acids is 1. The van der Waals surface area contributed by atoms with Gasteiger partial charge >= 0.3 is 5.97 Å². The van der Waals surface area contributed by atoms with Crippen molar-refractivity contribution in [3.8, 4) is 0 Å². The summed E-state index contributed by atoms with van der Waals surface area (Å²) in [4.78, 5) is 16.6. The summed E-state index contributed by atoms with van der Waals surface area (Å²) in [7, 11) is 1.91. The molecule has 4 nitrogen and oxygen atoms in total. The highest BCUT2D eigenvalue weighted by Gasteiger charge is 2.46. The Balaban J connectivity index is 2.05. The molecule has 1 aliphatic carbocycles. The molecule has 1 aromatic rings. The van der Waals surface area contributed by atoms with E-state index in [0.717, 1.165) is 12.1 Å². The second-order valence-electron chi connectivity index (χ2n) is 3.57. The lowest BCUT2D eigenvalue weighted by Gasteiger charge is -2.18. The molecule has 1 saturated carbocycles. The molecule has 14 heavy (non-hydrogen) atoms. The number of nitrogens with zero attached hydrogens (tertiary/aromatic N) is 2. The summed E-state index contributed by atoms with van der Waals surface area (Å²) in [6.45, 7) is 0. The largest absolute Gasteiger partial charge is 0.481 e. The van der Waals surface area contributed by atoms with E-state index in [9.17, 15) is 4.79 Å². The van der Waals surface area contributed by atoms with Crippen molar-refractivity contribution in [2.24, 2.45) is 5.92 Å². The van der Waals surface area contributed by atoms with E-state index in [-0.39, 0.29) is 12.0 Å². The first-order valence-corrected chi connectivity index (χ1v) is 4.56. The SMILES string of the molecule is CN(c1cccnc1)C1CC1C(=O)O. The average Bonchev–Trinajstić information content (AvgIpc) is 2.97. The quantitative estimate of drug-likeness (QED) is 0.776. The summed E-state index contributed by atoms with van der Waals surface area (Å²) >= 11 is 0. The Morgan fingerprint density at radius 3 is 3.00 bits per heavy atom. The highest BCUT2D eigenvalue weighted by Crippen LogP contribution is 2.37. The van der Waals surface area contributed by atoms with Gasteiger partial charge in [0.15, 0.2) is 0 Å². The van der Waals surface area contributed by atoms with Crippen LogP contribution in [0.25, 0.3) is 0 Å². The minimum absolute atomic E-state index is 0.136. The third kappa shape index (κ3) is 1.55. The van der Waals surface area contributed by atoms with Gasteiger partial charge in [-0.25, -0.2) is 0 Å². The summed E-state index contributed by atoms with van der Waals surface area (Å²) in [6.07, 6.45) is 4.19. The van der Waals surface area contributed by atoms with Crippen LogP contribution in [0.2, 0.25) is 0 Å². The van der Waals surface area contributed by atoms with Crippen LogP contribution in [0.1, 0.15) is 6.42 Å². The van der Waals surface area contributed by atoms with E-state index in [4.69, 9.17) is 5.11 Å². The van der Waals surface area contributed by atoms with Gasteiger partial charge in [-0.05, 0) is 18.6 Å². The van der Waals surface area contributed by atoms with Crippen molar-refractivity contribution >= 4 is 11.7 Å². The smallest absolute Gasteiger partial charge is 0.308 e. The summed E-state index contributed by atoms with van der Waals surface area (Å²) in [5.74, 6) is -0.911. The van der Waals surface area contributed by atoms with Crippen LogP contribution in [-0.4, -0.2) is 29.1 Å². The van der Waals surface area contributed by atoms with Crippen molar-refractivity contribution in [1.29, 1.82) is 0 Å². The highest BCUT2D eigenvalue weighted by atomic mass is 16.4. The van der Waals surface area contributed by atoms with Crippen molar-refractivity contribution in [2.45, 2.75) is 12.5 Å². The van der Waals surface area contributed by atoms with Crippen LogP contribution in [0, 0.1) is 5.92 Å². The maximum Gasteiger partial charge on any atom is 0.308 e. The minimum atomic E-state index is -0.703. The molecule has 0 aromatic carbocycles. The molecule has 1 aliphatic rings. The Hall–Kier alpha value is -1.58. The van der Waals surface area contributed by atoms with Crippen LogP contribution in [0.5, 0.6) is 0 Å². The summed E-state index contributed by atoms with van der Waals surface area (Å²) < 4.78 is 0. The van der Waals surface area contributed by atoms with E-state index in [2.05, 4.69) is 4.98 Å². The molecule has 0 spiro atoms. The van der Waals surface area contributed by atoms with Crippen LogP contribution in [0.3, 0.4) is 0 Å². The standard InChI is InChI=1S/C10H12N2O2/c1-12(7-3-2-4-11-6-7)9-5-8(9)10(13)14/h2-4,6,8-9H,5H2,1H3,(H,13,14). The molecule has 0 aliphatic heterocycles. The summed E-state index contributed by atoms with van der Waals surface area (Å²) in [5.41, 5.74) is 0.973. The van der Waals surface area contributed by atoms with Crippen LogP contribution in [-0.2, 0) is 4.79 Å². The van der Waals surface area contributed by atoms with E-state index < -0.39 is 5.97 Å². The Labute approximate surface area is 82.2 Å². The summed E-state index contributed by atoms with van der Waals surface area (Å²) in [5, 5.41) is 8.78. The predicted molar refractivity (Wildman–Crippen MR) is 52.2 cm³/mol. The van der Waals surface area contributed by atoms with Gasteiger partial charge in [0.2, 0.25) is 0 Å². The Morgan fingerprint density at radius 1 is 1.71 bits per heavy atom. The molecule has 2 atom stereocenters. The maximum absolute atomic E-state index is 10.7. The molecule has 0 radical (unpaired) electrons. The summed E-state index contributed by atoms with van der Waals surface area (Å²) in [6, 6.07) is 3.92. The highest BCUT2D eigenvalue weighted by molar-refractivity contribution is 5.75. The van der Waals surface area contributed by atoms with Crippen LogP contribution in [0.15, 0.2) is 24.5 Å². The topological polar surface area (TPSA) is 53.4 Å². The number of carboxylic acids is 1. The van der Waals surface area contributed by atoms with Gasteiger partial charge in [-0.3, -0.25) is 9.78 Å². The maximum atomic E-state index is 10.7. The number of carboxylic acid groups (broad SMARTS) is 1. The molecule has 0 amide bonds. The number of carbonyl (C=O) groups is 1. The first kappa shape index (κ1) is 8.99. The van der Waals surface area contributed by atoms with E-state index in [1.165, 1.54) is 0 Å². The number of pyridine rings is 1. The fourth-order valence-corrected chi connectivity index (χ4v) is 1.63. The minimum Gasteiger partial charge on any atom is -0.481 e. The van der Waals surface area contributed by atoms with Crippen molar-refractivity contribution in [1.82, 2.24) is 4.98 Å². The molecule has 4 heteroatoms. The fraction of sp³-hybridized carbons (Fsp3) is 0.400. The number of aromatic nitrogens is 1.